The molecule has 0 amide bonds. The van der Waals surface area contributed by atoms with E-state index in [1.807, 2.05) is 48.5 Å². The van der Waals surface area contributed by atoms with Crippen molar-refractivity contribution < 1.29 is 60.9 Å². The third-order valence-corrected chi connectivity index (χ3v) is 11.9. The molecule has 2 fully saturated rings. The lowest BCUT2D eigenvalue weighted by Gasteiger charge is -2.37. The third-order valence-electron chi connectivity index (χ3n) is 11.4. The number of aromatic nitrogens is 6. The van der Waals surface area contributed by atoms with Gasteiger partial charge in [0.05, 0.1) is 44.5 Å². The molecule has 354 valence electrons. The van der Waals surface area contributed by atoms with Crippen LogP contribution in [0.15, 0.2) is 90.5 Å². The molecule has 2 aliphatic heterocycles. The second-order valence-electron chi connectivity index (χ2n) is 15.9. The minimum atomic E-state index is -4.75. The number of hydrogen-bond acceptors (Lipinski definition) is 15. The quantitative estimate of drug-likeness (QED) is 0.0622. The summed E-state index contributed by atoms with van der Waals surface area (Å²) in [6, 6.07) is 18.3. The third kappa shape index (κ3) is 12.0. The lowest BCUT2D eigenvalue weighted by Crippen LogP contribution is -2.46. The first kappa shape index (κ1) is 47.8. The van der Waals surface area contributed by atoms with Gasteiger partial charge in [0.15, 0.2) is 0 Å². The molecule has 2 saturated heterocycles. The number of phosphoric ester groups is 1. The van der Waals surface area contributed by atoms with E-state index in [0.717, 1.165) is 43.6 Å². The van der Waals surface area contributed by atoms with Gasteiger partial charge in [0, 0.05) is 62.0 Å². The van der Waals surface area contributed by atoms with Gasteiger partial charge in [0.1, 0.15) is 48.1 Å². The normalized spacial score (nSPS) is 19.0. The van der Waals surface area contributed by atoms with E-state index in [4.69, 9.17) is 33.5 Å². The van der Waals surface area contributed by atoms with Gasteiger partial charge >= 0.3 is 25.6 Å². The van der Waals surface area contributed by atoms with Gasteiger partial charge in [-0.15, -0.1) is 0 Å². The van der Waals surface area contributed by atoms with Gasteiger partial charge in [-0.05, 0) is 74.4 Å². The van der Waals surface area contributed by atoms with Gasteiger partial charge in [0.25, 0.3) is 0 Å². The molecule has 0 spiro atoms. The van der Waals surface area contributed by atoms with Gasteiger partial charge in [0.2, 0.25) is 6.29 Å². The van der Waals surface area contributed by atoms with Gasteiger partial charge < -0.3 is 43.3 Å². The number of piperazine rings is 1. The van der Waals surface area contributed by atoms with E-state index < -0.39 is 74.3 Å². The van der Waals surface area contributed by atoms with E-state index in [2.05, 4.69) is 29.5 Å². The van der Waals surface area contributed by atoms with Crippen molar-refractivity contribution in [3.05, 3.63) is 113 Å². The number of esters is 1. The fourth-order valence-corrected chi connectivity index (χ4v) is 8.46. The molecule has 0 saturated carbocycles. The number of nitrogens with zero attached hydrogens (tertiary/aromatic N) is 8. The molecule has 5 aromatic rings. The van der Waals surface area contributed by atoms with Crippen LogP contribution in [0, 0.1) is 17.6 Å². The molecule has 2 aromatic heterocycles. The summed E-state index contributed by atoms with van der Waals surface area (Å²) in [7, 11) is -4.75. The highest BCUT2D eigenvalue weighted by molar-refractivity contribution is 7.46. The molecule has 4 heterocycles. The maximum absolute atomic E-state index is 15.0. The lowest BCUT2D eigenvalue weighted by atomic mass is 9.87. The summed E-state index contributed by atoms with van der Waals surface area (Å²) < 4.78 is 75.6. The van der Waals surface area contributed by atoms with E-state index in [0.29, 0.717) is 37.5 Å². The van der Waals surface area contributed by atoms with Crippen LogP contribution in [0.4, 0.5) is 25.0 Å². The molecule has 2 N–H and O–H groups in total. The molecule has 2 unspecified atom stereocenters. The largest absolute Gasteiger partial charge is 0.511 e. The molecular weight excluding hydrogens is 889 g/mol. The summed E-state index contributed by atoms with van der Waals surface area (Å²) in [6.07, 6.45) is 1.23. The minimum Gasteiger partial charge on any atom is -0.493 e. The molecule has 23 heteroatoms. The van der Waals surface area contributed by atoms with Crippen LogP contribution in [0.2, 0.25) is 0 Å². The number of phosphoric acid groups is 1. The van der Waals surface area contributed by atoms with Crippen molar-refractivity contribution in [1.29, 1.82) is 0 Å². The van der Waals surface area contributed by atoms with Crippen molar-refractivity contribution in [1.82, 2.24) is 29.1 Å². The summed E-state index contributed by atoms with van der Waals surface area (Å²) >= 11 is 0. The second kappa shape index (κ2) is 21.0. The Bertz CT molecular complexity index is 2520. The standard InChI is InChI=1S/C43H51F2N8O12P/c1-4-39(29(2)63-42(56)65-30(3)64-40(54)15-20-62-66(57,58)59)53-41(55)52(28-48-53)35-8-6-33(7-9-35)49-16-18-50(19-17-49)34-10-12-36(13-11-34)60-23-31-22-43(61-24-31,25-51-27-46-26-47-51)37-14-5-32(44)21-38(37)45/h5-14,21,26-31,39H,4,15-20,22-25H2,1-3H3,(H2,57,58,59)/t29?,30?,31-,39+,43+/m1/s1. The Hall–Kier alpha value is -6.19. The van der Waals surface area contributed by atoms with Crippen molar-refractivity contribution in [3.8, 4) is 11.4 Å². The molecule has 0 aliphatic carbocycles. The zero-order valence-corrected chi connectivity index (χ0v) is 37.3. The number of carbonyl (C=O) groups is 2. The molecule has 2 aliphatic rings. The van der Waals surface area contributed by atoms with Crippen LogP contribution in [0.1, 0.15) is 51.6 Å². The van der Waals surface area contributed by atoms with E-state index >= 15 is 4.39 Å². The highest BCUT2D eigenvalue weighted by atomic mass is 31.2. The molecular formula is C43H51F2N8O12P. The van der Waals surface area contributed by atoms with E-state index in [-0.39, 0.29) is 18.0 Å². The molecule has 20 nitrogen and oxygen atoms in total. The van der Waals surface area contributed by atoms with Crippen LogP contribution >= 0.6 is 7.82 Å². The van der Waals surface area contributed by atoms with E-state index in [1.165, 1.54) is 47.3 Å². The van der Waals surface area contributed by atoms with Crippen molar-refractivity contribution in [3.63, 3.8) is 0 Å². The predicted molar refractivity (Wildman–Crippen MR) is 231 cm³/mol. The monoisotopic (exact) mass is 940 g/mol. The van der Waals surface area contributed by atoms with E-state index in [1.54, 1.807) is 18.5 Å². The topological polar surface area (TPSA) is 224 Å². The Morgan fingerprint density at radius 1 is 0.909 bits per heavy atom. The summed E-state index contributed by atoms with van der Waals surface area (Å²) in [5, 5.41) is 8.47. The smallest absolute Gasteiger partial charge is 0.493 e. The number of carbonyl (C=O) groups excluding carboxylic acids is 2. The number of rotatable bonds is 19. The Labute approximate surface area is 377 Å². The Balaban J connectivity index is 0.870. The van der Waals surface area contributed by atoms with Gasteiger partial charge in [-0.25, -0.2) is 41.8 Å². The summed E-state index contributed by atoms with van der Waals surface area (Å²) in [5.74, 6) is -1.62. The van der Waals surface area contributed by atoms with Crippen molar-refractivity contribution in [2.24, 2.45) is 5.92 Å². The molecule has 3 aromatic carbocycles. The molecule has 5 atom stereocenters. The van der Waals surface area contributed by atoms with Crippen LogP contribution in [-0.4, -0.2) is 109 Å². The average Bonchev–Trinajstić information content (AvgIpc) is 4.04. The Kier molecular flexibility index (Phi) is 15.2. The zero-order chi connectivity index (χ0) is 47.0. The van der Waals surface area contributed by atoms with Crippen LogP contribution in [0.3, 0.4) is 0 Å². The highest BCUT2D eigenvalue weighted by Gasteiger charge is 2.45. The van der Waals surface area contributed by atoms with Crippen LogP contribution in [0.25, 0.3) is 5.69 Å². The maximum Gasteiger partial charge on any atom is 0.511 e. The summed E-state index contributed by atoms with van der Waals surface area (Å²) in [5.41, 5.74) is 1.40. The zero-order valence-electron chi connectivity index (χ0n) is 36.4. The first-order valence-corrected chi connectivity index (χ1v) is 22.8. The van der Waals surface area contributed by atoms with Crippen LogP contribution < -0.4 is 20.2 Å². The maximum atomic E-state index is 15.0. The van der Waals surface area contributed by atoms with Gasteiger partial charge in [-0.1, -0.05) is 13.0 Å². The number of halogens is 2. The van der Waals surface area contributed by atoms with Gasteiger partial charge in [-0.3, -0.25) is 9.32 Å². The fraction of sp³-hybridized carbons (Fsp3) is 0.442. The minimum absolute atomic E-state index is 0.0527. The predicted octanol–water partition coefficient (Wildman–Crippen LogP) is 5.12. The second-order valence-corrected chi connectivity index (χ2v) is 17.2. The molecule has 0 radical (unpaired) electrons. The Morgan fingerprint density at radius 3 is 2.20 bits per heavy atom. The van der Waals surface area contributed by atoms with Crippen molar-refractivity contribution in [2.45, 2.75) is 70.6 Å². The summed E-state index contributed by atoms with van der Waals surface area (Å²) in [4.78, 5) is 63.9. The van der Waals surface area contributed by atoms with E-state index in [9.17, 15) is 23.3 Å². The first-order valence-electron chi connectivity index (χ1n) is 21.3. The number of benzene rings is 3. The SMILES string of the molecule is CC[C@@H](C(C)OC(=O)OC(C)OC(=O)CCOP(=O)(O)O)n1ncn(-c2ccc(N3CCN(c4ccc(OC[C@@H]5CO[C@@](Cn6cncn6)(c6ccc(F)cc6F)C5)cc4)CC3)cc2)c1=O. The lowest BCUT2D eigenvalue weighted by molar-refractivity contribution is -0.169. The molecule has 66 heavy (non-hydrogen) atoms. The fourth-order valence-electron chi connectivity index (χ4n) is 8.14. The molecule has 0 bridgehead atoms. The number of anilines is 2. The highest BCUT2D eigenvalue weighted by Crippen LogP contribution is 2.42. The summed E-state index contributed by atoms with van der Waals surface area (Å²) in [6.45, 7) is 7.99. The average molecular weight is 941 g/mol. The first-order chi connectivity index (χ1) is 31.6. The van der Waals surface area contributed by atoms with Gasteiger partial charge in [-0.2, -0.15) is 10.2 Å². The number of hydrogen-bond donors (Lipinski definition) is 2. The number of ether oxygens (including phenoxy) is 5. The van der Waals surface area contributed by atoms with Crippen molar-refractivity contribution >= 4 is 31.3 Å². The van der Waals surface area contributed by atoms with Crippen molar-refractivity contribution in [2.75, 3.05) is 55.8 Å². The van der Waals surface area contributed by atoms with Crippen LogP contribution in [-0.2, 0) is 45.0 Å². The van der Waals surface area contributed by atoms with Crippen LogP contribution in [0.5, 0.6) is 5.75 Å². The molecule has 7 rings (SSSR count). The Morgan fingerprint density at radius 2 is 1.58 bits per heavy atom.